The van der Waals surface area contributed by atoms with Gasteiger partial charge in [-0.3, -0.25) is 4.98 Å². The minimum Gasteiger partial charge on any atom is -0.355 e. The molecule has 0 saturated carbocycles. The quantitative estimate of drug-likeness (QED) is 0.557. The highest BCUT2D eigenvalue weighted by molar-refractivity contribution is 7.18. The van der Waals surface area contributed by atoms with Crippen molar-refractivity contribution in [2.75, 3.05) is 18.0 Å². The Bertz CT molecular complexity index is 984. The molecule has 0 aliphatic carbocycles. The van der Waals surface area contributed by atoms with Crippen LogP contribution in [0.25, 0.3) is 16.0 Å². The first-order chi connectivity index (χ1) is 12.9. The van der Waals surface area contributed by atoms with Gasteiger partial charge in [0.15, 0.2) is 5.82 Å². The van der Waals surface area contributed by atoms with Gasteiger partial charge in [-0.15, -0.1) is 11.3 Å². The lowest BCUT2D eigenvalue weighted by atomic mass is 9.97. The number of hydrogen-bond donors (Lipinski definition) is 0. The first-order valence-corrected chi connectivity index (χ1v) is 9.61. The Hall–Kier alpha value is -2.80. The Kier molecular flexibility index (Phi) is 3.86. The molecule has 6 nitrogen and oxygen atoms in total. The Morgan fingerprint density at radius 3 is 2.62 bits per heavy atom. The lowest BCUT2D eigenvalue weighted by Crippen LogP contribution is -2.33. The summed E-state index contributed by atoms with van der Waals surface area (Å²) in [6, 6.07) is 10.3. The third-order valence-corrected chi connectivity index (χ3v) is 6.03. The Balaban J connectivity index is 1.32. The number of fused-ring (bicyclic) bond motifs is 1. The van der Waals surface area contributed by atoms with E-state index >= 15 is 0 Å². The lowest BCUT2D eigenvalue weighted by Gasteiger charge is -2.31. The number of piperidine rings is 1. The molecular weight excluding hydrogens is 344 g/mol. The summed E-state index contributed by atoms with van der Waals surface area (Å²) in [5, 5.41) is 5.50. The van der Waals surface area contributed by atoms with E-state index in [4.69, 9.17) is 9.97 Å². The van der Waals surface area contributed by atoms with Gasteiger partial charge in [0.05, 0.1) is 27.6 Å². The van der Waals surface area contributed by atoms with Crippen molar-refractivity contribution in [2.45, 2.75) is 18.8 Å². The molecule has 0 spiro atoms. The topological polar surface area (TPSA) is 59.7 Å². The van der Waals surface area contributed by atoms with Crippen molar-refractivity contribution in [3.63, 3.8) is 0 Å². The standard InChI is InChI=1S/C19H18N6S/c1-2-5-16-15(4-1)22-19(26-16)14-6-10-24(11-7-14)17-12-20-13-18(23-17)25-9-3-8-21-25/h1-5,8-9,12-14H,6-7,10-11H2. The molecular formula is C19H18N6S. The molecule has 4 heterocycles. The van der Waals surface area contributed by atoms with E-state index < -0.39 is 0 Å². The Morgan fingerprint density at radius 1 is 0.962 bits per heavy atom. The van der Waals surface area contributed by atoms with Crippen LogP contribution in [0.15, 0.2) is 55.1 Å². The number of thiazole rings is 1. The molecule has 5 rings (SSSR count). The van der Waals surface area contributed by atoms with Gasteiger partial charge in [-0.2, -0.15) is 5.10 Å². The van der Waals surface area contributed by atoms with E-state index in [1.54, 1.807) is 17.1 Å². The molecule has 1 fully saturated rings. The largest absolute Gasteiger partial charge is 0.355 e. The molecule has 7 heteroatoms. The monoisotopic (exact) mass is 362 g/mol. The highest BCUT2D eigenvalue weighted by Gasteiger charge is 2.24. The predicted molar refractivity (Wildman–Crippen MR) is 103 cm³/mol. The van der Waals surface area contributed by atoms with Crippen molar-refractivity contribution in [3.8, 4) is 5.82 Å². The fraction of sp³-hybridized carbons (Fsp3) is 0.263. The fourth-order valence-electron chi connectivity index (χ4n) is 3.43. The lowest BCUT2D eigenvalue weighted by molar-refractivity contribution is 0.501. The molecule has 1 saturated heterocycles. The number of rotatable bonds is 3. The van der Waals surface area contributed by atoms with Crippen LogP contribution in [-0.2, 0) is 0 Å². The zero-order valence-corrected chi connectivity index (χ0v) is 15.0. The van der Waals surface area contributed by atoms with Gasteiger partial charge in [0.25, 0.3) is 0 Å². The van der Waals surface area contributed by atoms with E-state index in [1.165, 1.54) is 9.71 Å². The Morgan fingerprint density at radius 2 is 1.81 bits per heavy atom. The molecule has 0 N–H and O–H groups in total. The molecule has 0 bridgehead atoms. The maximum atomic E-state index is 4.84. The number of para-hydroxylation sites is 1. The number of anilines is 1. The van der Waals surface area contributed by atoms with Crippen molar-refractivity contribution < 1.29 is 0 Å². The van der Waals surface area contributed by atoms with Crippen molar-refractivity contribution in [1.29, 1.82) is 0 Å². The molecule has 0 amide bonds. The average Bonchev–Trinajstić information content (AvgIpc) is 3.38. The van der Waals surface area contributed by atoms with Crippen LogP contribution in [0.3, 0.4) is 0 Å². The van der Waals surface area contributed by atoms with Gasteiger partial charge in [-0.25, -0.2) is 14.6 Å². The molecule has 1 aliphatic rings. The molecule has 4 aromatic rings. The van der Waals surface area contributed by atoms with Gasteiger partial charge in [-0.1, -0.05) is 12.1 Å². The number of nitrogens with zero attached hydrogens (tertiary/aromatic N) is 6. The first-order valence-electron chi connectivity index (χ1n) is 8.79. The second-order valence-corrected chi connectivity index (χ2v) is 7.53. The van der Waals surface area contributed by atoms with E-state index in [-0.39, 0.29) is 0 Å². The normalized spacial score (nSPS) is 15.6. The molecule has 1 aliphatic heterocycles. The summed E-state index contributed by atoms with van der Waals surface area (Å²) >= 11 is 1.83. The summed E-state index contributed by atoms with van der Waals surface area (Å²) in [7, 11) is 0. The summed E-state index contributed by atoms with van der Waals surface area (Å²) in [4.78, 5) is 16.2. The molecule has 130 valence electrons. The van der Waals surface area contributed by atoms with Gasteiger partial charge in [-0.05, 0) is 31.0 Å². The molecule has 0 atom stereocenters. The predicted octanol–water partition coefficient (Wildman–Crippen LogP) is 3.66. The summed E-state index contributed by atoms with van der Waals surface area (Å²) < 4.78 is 3.02. The Labute approximate surface area is 155 Å². The SMILES string of the molecule is c1ccc2sc(C3CCN(c4cncc(-n5cccn5)n4)CC3)nc2c1. The van der Waals surface area contributed by atoms with Gasteiger partial charge in [0.2, 0.25) is 0 Å². The molecule has 0 radical (unpaired) electrons. The van der Waals surface area contributed by atoms with Crippen LogP contribution >= 0.6 is 11.3 Å². The molecule has 26 heavy (non-hydrogen) atoms. The number of benzene rings is 1. The van der Waals surface area contributed by atoms with Gasteiger partial charge in [0, 0.05) is 31.4 Å². The van der Waals surface area contributed by atoms with E-state index in [2.05, 4.69) is 39.2 Å². The first kappa shape index (κ1) is 15.5. The van der Waals surface area contributed by atoms with Crippen LogP contribution in [0.4, 0.5) is 5.82 Å². The van der Waals surface area contributed by atoms with Crippen molar-refractivity contribution in [1.82, 2.24) is 24.7 Å². The van der Waals surface area contributed by atoms with E-state index in [1.807, 2.05) is 29.8 Å². The summed E-state index contributed by atoms with van der Waals surface area (Å²) in [5.74, 6) is 2.20. The highest BCUT2D eigenvalue weighted by atomic mass is 32.1. The summed E-state index contributed by atoms with van der Waals surface area (Å²) in [6.07, 6.45) is 9.39. The molecule has 1 aromatic carbocycles. The van der Waals surface area contributed by atoms with Crippen LogP contribution in [0, 0.1) is 0 Å². The molecule has 0 unspecified atom stereocenters. The second kappa shape index (κ2) is 6.49. The third-order valence-electron chi connectivity index (χ3n) is 4.83. The van der Waals surface area contributed by atoms with E-state index in [9.17, 15) is 0 Å². The van der Waals surface area contributed by atoms with Crippen LogP contribution in [0.2, 0.25) is 0 Å². The number of hydrogen-bond acceptors (Lipinski definition) is 6. The highest BCUT2D eigenvalue weighted by Crippen LogP contribution is 2.34. The summed E-state index contributed by atoms with van der Waals surface area (Å²) in [5.41, 5.74) is 1.12. The van der Waals surface area contributed by atoms with Crippen LogP contribution in [0.5, 0.6) is 0 Å². The maximum absolute atomic E-state index is 4.84. The van der Waals surface area contributed by atoms with E-state index in [0.29, 0.717) is 5.92 Å². The van der Waals surface area contributed by atoms with Crippen molar-refractivity contribution in [2.24, 2.45) is 0 Å². The van der Waals surface area contributed by atoms with Gasteiger partial charge < -0.3 is 4.90 Å². The zero-order valence-electron chi connectivity index (χ0n) is 14.2. The van der Waals surface area contributed by atoms with Crippen molar-refractivity contribution >= 4 is 27.4 Å². The fourth-order valence-corrected chi connectivity index (χ4v) is 4.57. The summed E-state index contributed by atoms with van der Waals surface area (Å²) in [6.45, 7) is 1.94. The van der Waals surface area contributed by atoms with Crippen molar-refractivity contribution in [3.05, 3.63) is 60.1 Å². The zero-order chi connectivity index (χ0) is 17.3. The molecule has 3 aromatic heterocycles. The van der Waals surface area contributed by atoms with E-state index in [0.717, 1.165) is 43.1 Å². The average molecular weight is 362 g/mol. The smallest absolute Gasteiger partial charge is 0.173 e. The van der Waals surface area contributed by atoms with Crippen LogP contribution < -0.4 is 4.90 Å². The second-order valence-electron chi connectivity index (χ2n) is 6.47. The maximum Gasteiger partial charge on any atom is 0.173 e. The van der Waals surface area contributed by atoms with Crippen LogP contribution in [0.1, 0.15) is 23.8 Å². The van der Waals surface area contributed by atoms with Gasteiger partial charge in [0.1, 0.15) is 5.82 Å². The van der Waals surface area contributed by atoms with Crippen LogP contribution in [-0.4, -0.2) is 37.8 Å². The number of aromatic nitrogens is 5. The van der Waals surface area contributed by atoms with Gasteiger partial charge >= 0.3 is 0 Å². The third kappa shape index (κ3) is 2.84. The minimum absolute atomic E-state index is 0.533. The minimum atomic E-state index is 0.533.